The van der Waals surface area contributed by atoms with Gasteiger partial charge in [0.25, 0.3) is 0 Å². The Hall–Kier alpha value is -0.430. The lowest BCUT2D eigenvalue weighted by molar-refractivity contribution is 0.149. The van der Waals surface area contributed by atoms with Gasteiger partial charge in [-0.25, -0.2) is 13.1 Å². The minimum absolute atomic E-state index is 0.339. The molecular weight excluding hydrogens is 318 g/mol. The number of sulfonamides is 1. The molecule has 0 aromatic heterocycles. The molecule has 0 fully saturated rings. The van der Waals surface area contributed by atoms with Gasteiger partial charge in [-0.1, -0.05) is 34.1 Å². The van der Waals surface area contributed by atoms with Crippen LogP contribution in [0.2, 0.25) is 0 Å². The second-order valence-electron chi connectivity index (χ2n) is 3.82. The van der Waals surface area contributed by atoms with Crippen LogP contribution in [0.25, 0.3) is 0 Å². The smallest absolute Gasteiger partial charge is 0.240 e. The van der Waals surface area contributed by atoms with Crippen LogP contribution >= 0.6 is 15.9 Å². The predicted octanol–water partition coefficient (Wildman–Crippen LogP) is 2.07. The van der Waals surface area contributed by atoms with E-state index in [0.29, 0.717) is 31.1 Å². The van der Waals surface area contributed by atoms with Crippen molar-refractivity contribution < 1.29 is 13.2 Å². The van der Waals surface area contributed by atoms with Crippen molar-refractivity contribution in [1.29, 1.82) is 0 Å². The Bertz CT molecular complexity index is 462. The van der Waals surface area contributed by atoms with E-state index in [1.165, 1.54) is 0 Å². The van der Waals surface area contributed by atoms with Gasteiger partial charge in [0.1, 0.15) is 0 Å². The molecule has 0 spiro atoms. The van der Waals surface area contributed by atoms with E-state index >= 15 is 0 Å². The van der Waals surface area contributed by atoms with Crippen molar-refractivity contribution in [2.45, 2.75) is 18.2 Å². The standard InChI is InChI=1S/C12H18BrNO3S/c1-11-5-2-3-6-12(11)18(15,16)14-8-4-9-17-10-7-13/h2-3,5-6,14H,4,7-10H2,1H3. The van der Waals surface area contributed by atoms with E-state index in [4.69, 9.17) is 4.74 Å². The van der Waals surface area contributed by atoms with E-state index in [0.717, 1.165) is 10.9 Å². The summed E-state index contributed by atoms with van der Waals surface area (Å²) in [5.74, 6) is 0. The van der Waals surface area contributed by atoms with Crippen LogP contribution in [0.3, 0.4) is 0 Å². The normalized spacial score (nSPS) is 11.7. The summed E-state index contributed by atoms with van der Waals surface area (Å²) in [6.45, 7) is 3.37. The number of hydrogen-bond donors (Lipinski definition) is 1. The minimum atomic E-state index is -3.40. The summed E-state index contributed by atoms with van der Waals surface area (Å²) in [5.41, 5.74) is 0.750. The van der Waals surface area contributed by atoms with E-state index in [-0.39, 0.29) is 0 Å². The topological polar surface area (TPSA) is 55.4 Å². The van der Waals surface area contributed by atoms with Crippen LogP contribution in [0, 0.1) is 6.92 Å². The molecule has 0 saturated carbocycles. The number of aryl methyl sites for hydroxylation is 1. The van der Waals surface area contributed by atoms with Gasteiger partial charge >= 0.3 is 0 Å². The summed E-state index contributed by atoms with van der Waals surface area (Å²) in [6.07, 6.45) is 0.665. The molecule has 1 aromatic carbocycles. The molecule has 6 heteroatoms. The Morgan fingerprint density at radius 2 is 2.00 bits per heavy atom. The van der Waals surface area contributed by atoms with Crippen LogP contribution in [0.1, 0.15) is 12.0 Å². The number of ether oxygens (including phenoxy) is 1. The second kappa shape index (κ2) is 7.89. The number of rotatable bonds is 8. The molecular formula is C12H18BrNO3S. The Kier molecular flexibility index (Phi) is 6.85. The summed E-state index contributed by atoms with van der Waals surface area (Å²) in [6, 6.07) is 6.94. The second-order valence-corrected chi connectivity index (χ2v) is 6.35. The van der Waals surface area contributed by atoms with Crippen LogP contribution in [-0.4, -0.2) is 33.5 Å². The number of nitrogens with one attached hydrogen (secondary N) is 1. The molecule has 0 radical (unpaired) electrons. The van der Waals surface area contributed by atoms with Gasteiger partial charge in [-0.2, -0.15) is 0 Å². The monoisotopic (exact) mass is 335 g/mol. The average molecular weight is 336 g/mol. The number of benzene rings is 1. The van der Waals surface area contributed by atoms with Crippen LogP contribution in [0.5, 0.6) is 0 Å². The highest BCUT2D eigenvalue weighted by Gasteiger charge is 2.14. The van der Waals surface area contributed by atoms with Gasteiger partial charge in [0.2, 0.25) is 10.0 Å². The SMILES string of the molecule is Cc1ccccc1S(=O)(=O)NCCCOCCBr. The van der Waals surface area contributed by atoms with E-state index in [2.05, 4.69) is 20.7 Å². The van der Waals surface area contributed by atoms with E-state index < -0.39 is 10.0 Å². The minimum Gasteiger partial charge on any atom is -0.381 e. The largest absolute Gasteiger partial charge is 0.381 e. The highest BCUT2D eigenvalue weighted by atomic mass is 79.9. The first-order valence-electron chi connectivity index (χ1n) is 5.77. The summed E-state index contributed by atoms with van der Waals surface area (Å²) < 4.78 is 31.8. The maximum absolute atomic E-state index is 12.0. The third kappa shape index (κ3) is 5.06. The zero-order valence-corrected chi connectivity index (χ0v) is 12.8. The van der Waals surface area contributed by atoms with E-state index in [9.17, 15) is 8.42 Å². The van der Waals surface area contributed by atoms with Crippen molar-refractivity contribution >= 4 is 26.0 Å². The molecule has 4 nitrogen and oxygen atoms in total. The van der Waals surface area contributed by atoms with Crippen LogP contribution in [0.4, 0.5) is 0 Å². The lowest BCUT2D eigenvalue weighted by Gasteiger charge is -2.09. The molecule has 0 heterocycles. The van der Waals surface area contributed by atoms with Crippen molar-refractivity contribution in [3.05, 3.63) is 29.8 Å². The number of halogens is 1. The summed E-state index contributed by atoms with van der Waals surface area (Å²) in [7, 11) is -3.40. The molecule has 1 aromatic rings. The van der Waals surface area contributed by atoms with Gasteiger partial charge in [-0.05, 0) is 25.0 Å². The van der Waals surface area contributed by atoms with Crippen molar-refractivity contribution in [3.8, 4) is 0 Å². The zero-order valence-electron chi connectivity index (χ0n) is 10.4. The van der Waals surface area contributed by atoms with Gasteiger partial charge in [0.15, 0.2) is 0 Å². The molecule has 0 atom stereocenters. The fraction of sp³-hybridized carbons (Fsp3) is 0.500. The zero-order chi connectivity index (χ0) is 13.4. The molecule has 0 amide bonds. The molecule has 0 unspecified atom stereocenters. The third-order valence-electron chi connectivity index (χ3n) is 2.36. The Balaban J connectivity index is 2.44. The fourth-order valence-corrected chi connectivity index (χ4v) is 3.02. The van der Waals surface area contributed by atoms with Crippen molar-refractivity contribution in [3.63, 3.8) is 0 Å². The molecule has 1 rings (SSSR count). The predicted molar refractivity (Wildman–Crippen MR) is 75.6 cm³/mol. The molecule has 0 bridgehead atoms. The van der Waals surface area contributed by atoms with Gasteiger partial charge in [-0.3, -0.25) is 0 Å². The van der Waals surface area contributed by atoms with Crippen molar-refractivity contribution in [2.24, 2.45) is 0 Å². The number of hydrogen-bond acceptors (Lipinski definition) is 3. The Morgan fingerprint density at radius 3 is 2.67 bits per heavy atom. The van der Waals surface area contributed by atoms with Gasteiger partial charge in [-0.15, -0.1) is 0 Å². The van der Waals surface area contributed by atoms with Crippen LogP contribution in [0.15, 0.2) is 29.2 Å². The summed E-state index contributed by atoms with van der Waals surface area (Å²) >= 11 is 3.25. The van der Waals surface area contributed by atoms with Gasteiger partial charge in [0.05, 0.1) is 11.5 Å². The van der Waals surface area contributed by atoms with Gasteiger partial charge < -0.3 is 4.74 Å². The maximum atomic E-state index is 12.0. The first kappa shape index (κ1) is 15.6. The van der Waals surface area contributed by atoms with Crippen LogP contribution < -0.4 is 4.72 Å². The Labute approximate surface area is 117 Å². The third-order valence-corrected chi connectivity index (χ3v) is 4.31. The van der Waals surface area contributed by atoms with Gasteiger partial charge in [0, 0.05) is 18.5 Å². The molecule has 0 aliphatic rings. The average Bonchev–Trinajstić information content (AvgIpc) is 2.34. The van der Waals surface area contributed by atoms with Crippen LogP contribution in [-0.2, 0) is 14.8 Å². The molecule has 18 heavy (non-hydrogen) atoms. The number of alkyl halides is 1. The van der Waals surface area contributed by atoms with E-state index in [1.807, 2.05) is 6.07 Å². The fourth-order valence-electron chi connectivity index (χ4n) is 1.47. The first-order chi connectivity index (χ1) is 8.58. The lowest BCUT2D eigenvalue weighted by Crippen LogP contribution is -2.26. The van der Waals surface area contributed by atoms with Crippen molar-refractivity contribution in [2.75, 3.05) is 25.1 Å². The molecule has 0 aliphatic heterocycles. The molecule has 102 valence electrons. The molecule has 0 saturated heterocycles. The summed E-state index contributed by atoms with van der Waals surface area (Å²) in [5, 5.41) is 0.794. The molecule has 0 aliphatic carbocycles. The maximum Gasteiger partial charge on any atom is 0.240 e. The molecule has 1 N–H and O–H groups in total. The summed E-state index contributed by atoms with van der Waals surface area (Å²) in [4.78, 5) is 0.339. The highest BCUT2D eigenvalue weighted by molar-refractivity contribution is 9.09. The Morgan fingerprint density at radius 1 is 1.28 bits per heavy atom. The van der Waals surface area contributed by atoms with E-state index in [1.54, 1.807) is 25.1 Å². The first-order valence-corrected chi connectivity index (χ1v) is 8.37. The lowest BCUT2D eigenvalue weighted by atomic mass is 10.2. The van der Waals surface area contributed by atoms with Crippen molar-refractivity contribution in [1.82, 2.24) is 4.72 Å². The highest BCUT2D eigenvalue weighted by Crippen LogP contribution is 2.13. The quantitative estimate of drug-likeness (QED) is 0.584.